The number of rotatable bonds is 13. The molecular formula is C30H40N2O7. The lowest BCUT2D eigenvalue weighted by molar-refractivity contribution is -0.144. The SMILES string of the molecule is CCCCN(CCCC)C(=O)CN1CC(c2ccc3c(c2)OCO3)[C@H](C(=O)O)[C@H]1c1ccc(OC)c(OC)c1. The zero-order valence-electron chi connectivity index (χ0n) is 23.4. The van der Waals surface area contributed by atoms with Crippen LogP contribution in [-0.2, 0) is 9.59 Å². The molecule has 0 radical (unpaired) electrons. The number of benzene rings is 2. The first-order valence-electron chi connectivity index (χ1n) is 13.8. The molecule has 212 valence electrons. The molecule has 9 heteroatoms. The molecule has 2 aliphatic heterocycles. The molecule has 2 aromatic carbocycles. The third kappa shape index (κ3) is 6.24. The lowest BCUT2D eigenvalue weighted by Crippen LogP contribution is -2.42. The second-order valence-corrected chi connectivity index (χ2v) is 10.2. The Bertz CT molecular complexity index is 1150. The Labute approximate surface area is 230 Å². The highest BCUT2D eigenvalue weighted by molar-refractivity contribution is 5.79. The summed E-state index contributed by atoms with van der Waals surface area (Å²) in [5, 5.41) is 10.6. The van der Waals surface area contributed by atoms with Crippen LogP contribution in [0.4, 0.5) is 0 Å². The van der Waals surface area contributed by atoms with Crippen LogP contribution in [0, 0.1) is 5.92 Å². The summed E-state index contributed by atoms with van der Waals surface area (Å²) in [6.45, 7) is 6.34. The number of methoxy groups -OCH3 is 2. The summed E-state index contributed by atoms with van der Waals surface area (Å²) in [5.41, 5.74) is 1.62. The zero-order valence-corrected chi connectivity index (χ0v) is 23.4. The van der Waals surface area contributed by atoms with Gasteiger partial charge in [0.2, 0.25) is 12.7 Å². The minimum absolute atomic E-state index is 0.0258. The molecule has 1 saturated heterocycles. The summed E-state index contributed by atoms with van der Waals surface area (Å²) in [6.07, 6.45) is 3.88. The average molecular weight is 541 g/mol. The number of hydrogen-bond donors (Lipinski definition) is 1. The van der Waals surface area contributed by atoms with E-state index in [0.717, 1.165) is 36.8 Å². The highest BCUT2D eigenvalue weighted by atomic mass is 16.7. The summed E-state index contributed by atoms with van der Waals surface area (Å²) in [6, 6.07) is 10.5. The van der Waals surface area contributed by atoms with E-state index in [1.54, 1.807) is 20.3 Å². The van der Waals surface area contributed by atoms with Crippen molar-refractivity contribution in [1.82, 2.24) is 9.80 Å². The topological polar surface area (TPSA) is 97.8 Å². The summed E-state index contributed by atoms with van der Waals surface area (Å²) in [7, 11) is 3.12. The van der Waals surface area contributed by atoms with Crippen molar-refractivity contribution in [2.24, 2.45) is 5.92 Å². The van der Waals surface area contributed by atoms with Crippen molar-refractivity contribution in [3.05, 3.63) is 47.5 Å². The van der Waals surface area contributed by atoms with E-state index in [1.807, 2.05) is 40.1 Å². The maximum absolute atomic E-state index is 13.6. The van der Waals surface area contributed by atoms with Gasteiger partial charge in [-0.2, -0.15) is 0 Å². The fraction of sp³-hybridized carbons (Fsp3) is 0.533. The van der Waals surface area contributed by atoms with Crippen LogP contribution >= 0.6 is 0 Å². The van der Waals surface area contributed by atoms with Gasteiger partial charge < -0.3 is 29.0 Å². The summed E-state index contributed by atoms with van der Waals surface area (Å²) in [4.78, 5) is 30.5. The third-order valence-corrected chi connectivity index (χ3v) is 7.71. The molecule has 0 bridgehead atoms. The smallest absolute Gasteiger partial charge is 0.309 e. The number of carbonyl (C=O) groups is 2. The molecule has 9 nitrogen and oxygen atoms in total. The van der Waals surface area contributed by atoms with Gasteiger partial charge in [0, 0.05) is 31.6 Å². The largest absolute Gasteiger partial charge is 0.493 e. The van der Waals surface area contributed by atoms with Gasteiger partial charge in [0.25, 0.3) is 0 Å². The van der Waals surface area contributed by atoms with Crippen molar-refractivity contribution in [1.29, 1.82) is 0 Å². The number of fused-ring (bicyclic) bond motifs is 1. The molecule has 0 aromatic heterocycles. The predicted molar refractivity (Wildman–Crippen MR) is 147 cm³/mol. The molecule has 0 spiro atoms. The lowest BCUT2D eigenvalue weighted by Gasteiger charge is -2.30. The molecule has 1 amide bonds. The van der Waals surface area contributed by atoms with Crippen LogP contribution < -0.4 is 18.9 Å². The molecule has 39 heavy (non-hydrogen) atoms. The Morgan fingerprint density at radius 1 is 0.949 bits per heavy atom. The highest BCUT2D eigenvalue weighted by Crippen LogP contribution is 2.48. The van der Waals surface area contributed by atoms with Crippen molar-refractivity contribution in [2.45, 2.75) is 51.5 Å². The molecule has 2 aromatic rings. The molecule has 3 atom stereocenters. The zero-order chi connectivity index (χ0) is 27.9. The van der Waals surface area contributed by atoms with Crippen LogP contribution in [-0.4, -0.2) is 74.0 Å². The summed E-state index contributed by atoms with van der Waals surface area (Å²) in [5.74, 6) is 0.294. The van der Waals surface area contributed by atoms with Gasteiger partial charge in [-0.1, -0.05) is 38.8 Å². The first-order chi connectivity index (χ1) is 18.9. The molecule has 2 aliphatic rings. The van der Waals surface area contributed by atoms with E-state index >= 15 is 0 Å². The molecule has 4 rings (SSSR count). The highest BCUT2D eigenvalue weighted by Gasteiger charge is 2.48. The molecular weight excluding hydrogens is 500 g/mol. The van der Waals surface area contributed by atoms with Crippen molar-refractivity contribution in [2.75, 3.05) is 47.2 Å². The van der Waals surface area contributed by atoms with E-state index < -0.39 is 17.9 Å². The van der Waals surface area contributed by atoms with Gasteiger partial charge in [0.15, 0.2) is 23.0 Å². The minimum atomic E-state index is -0.916. The van der Waals surface area contributed by atoms with Gasteiger partial charge in [-0.05, 0) is 48.2 Å². The Hall–Kier alpha value is -3.46. The number of hydrogen-bond acceptors (Lipinski definition) is 7. The maximum atomic E-state index is 13.6. The van der Waals surface area contributed by atoms with E-state index in [4.69, 9.17) is 18.9 Å². The Balaban J connectivity index is 1.72. The monoisotopic (exact) mass is 540 g/mol. The normalized spacial score (nSPS) is 20.2. The van der Waals surface area contributed by atoms with Crippen LogP contribution in [0.5, 0.6) is 23.0 Å². The Kier molecular flexibility index (Phi) is 9.56. The van der Waals surface area contributed by atoms with Crippen LogP contribution in [0.25, 0.3) is 0 Å². The van der Waals surface area contributed by atoms with Crippen molar-refractivity contribution in [3.8, 4) is 23.0 Å². The molecule has 2 heterocycles. The number of aliphatic carboxylic acids is 1. The van der Waals surface area contributed by atoms with Crippen molar-refractivity contribution in [3.63, 3.8) is 0 Å². The third-order valence-electron chi connectivity index (χ3n) is 7.71. The van der Waals surface area contributed by atoms with Gasteiger partial charge in [0.1, 0.15) is 0 Å². The van der Waals surface area contributed by atoms with Gasteiger partial charge >= 0.3 is 5.97 Å². The van der Waals surface area contributed by atoms with E-state index in [0.29, 0.717) is 42.6 Å². The second-order valence-electron chi connectivity index (χ2n) is 10.2. The van der Waals surface area contributed by atoms with Crippen molar-refractivity contribution >= 4 is 11.9 Å². The van der Waals surface area contributed by atoms with Crippen LogP contribution in [0.2, 0.25) is 0 Å². The van der Waals surface area contributed by atoms with Crippen molar-refractivity contribution < 1.29 is 33.6 Å². The number of ether oxygens (including phenoxy) is 4. The maximum Gasteiger partial charge on any atom is 0.309 e. The number of carboxylic acid groups (broad SMARTS) is 1. The number of carboxylic acids is 1. The van der Waals surface area contributed by atoms with E-state index in [9.17, 15) is 14.7 Å². The van der Waals surface area contributed by atoms with Gasteiger partial charge in [0.05, 0.1) is 26.7 Å². The number of amides is 1. The molecule has 1 N–H and O–H groups in total. The van der Waals surface area contributed by atoms with Gasteiger partial charge in [-0.25, -0.2) is 0 Å². The number of unbranched alkanes of at least 4 members (excludes halogenated alkanes) is 2. The average Bonchev–Trinajstić information content (AvgIpc) is 3.57. The van der Waals surface area contributed by atoms with Crippen LogP contribution in [0.3, 0.4) is 0 Å². The number of nitrogens with zero attached hydrogens (tertiary/aromatic N) is 2. The Morgan fingerprint density at radius 3 is 2.26 bits per heavy atom. The molecule has 1 fully saturated rings. The van der Waals surface area contributed by atoms with Gasteiger partial charge in [-0.15, -0.1) is 0 Å². The summed E-state index contributed by atoms with van der Waals surface area (Å²) >= 11 is 0. The lowest BCUT2D eigenvalue weighted by atomic mass is 9.82. The Morgan fingerprint density at radius 2 is 1.62 bits per heavy atom. The van der Waals surface area contributed by atoms with E-state index in [2.05, 4.69) is 13.8 Å². The number of likely N-dealkylation sites (tertiary alicyclic amines) is 1. The van der Waals surface area contributed by atoms with Crippen LogP contribution in [0.15, 0.2) is 36.4 Å². The first-order valence-corrected chi connectivity index (χ1v) is 13.8. The quantitative estimate of drug-likeness (QED) is 0.390. The first kappa shape index (κ1) is 28.5. The second kappa shape index (κ2) is 13.1. The van der Waals surface area contributed by atoms with Crippen LogP contribution in [0.1, 0.15) is 62.6 Å². The summed E-state index contributed by atoms with van der Waals surface area (Å²) < 4.78 is 22.0. The van der Waals surface area contributed by atoms with E-state index in [1.165, 1.54) is 0 Å². The van der Waals surface area contributed by atoms with E-state index in [-0.39, 0.29) is 25.2 Å². The minimum Gasteiger partial charge on any atom is -0.493 e. The fourth-order valence-corrected chi connectivity index (χ4v) is 5.64. The molecule has 0 saturated carbocycles. The number of carbonyl (C=O) groups excluding carboxylic acids is 1. The molecule has 1 unspecified atom stereocenters. The standard InChI is InChI=1S/C30H40N2O7/c1-5-7-13-31(14-8-6-2)27(33)18-32-17-22(20-9-12-24-26(15-20)39-19-38-24)28(30(34)35)29(32)21-10-11-23(36-3)25(16-21)37-4/h9-12,15-16,22,28-29H,5-8,13-14,17-19H2,1-4H3,(H,34,35)/t22?,28-,29+/m0/s1. The predicted octanol–water partition coefficient (Wildman–Crippen LogP) is 4.70. The molecule has 0 aliphatic carbocycles. The fourth-order valence-electron chi connectivity index (χ4n) is 5.64. The van der Waals surface area contributed by atoms with Gasteiger partial charge in [-0.3, -0.25) is 14.5 Å².